The Morgan fingerprint density at radius 1 is 1.25 bits per heavy atom. The van der Waals surface area contributed by atoms with E-state index in [1.807, 2.05) is 0 Å². The van der Waals surface area contributed by atoms with Crippen LogP contribution >= 0.6 is 0 Å². The highest BCUT2D eigenvalue weighted by atomic mass is 16.5. The molecule has 0 spiro atoms. The Balaban J connectivity index is 1.45. The molecule has 0 aromatic carbocycles. The Labute approximate surface area is 97.1 Å². The van der Waals surface area contributed by atoms with Crippen LogP contribution in [0.2, 0.25) is 0 Å². The molecule has 0 bridgehead atoms. The molecule has 1 saturated carbocycles. The maximum Gasteiger partial charge on any atom is 0.220 e. The van der Waals surface area contributed by atoms with Gasteiger partial charge >= 0.3 is 0 Å². The van der Waals surface area contributed by atoms with Crippen molar-refractivity contribution in [1.82, 2.24) is 10.6 Å². The minimum absolute atomic E-state index is 0.191. The van der Waals surface area contributed by atoms with Crippen molar-refractivity contribution in [2.24, 2.45) is 5.92 Å². The van der Waals surface area contributed by atoms with Gasteiger partial charge in [-0.2, -0.15) is 0 Å². The quantitative estimate of drug-likeness (QED) is 0.655. The lowest BCUT2D eigenvalue weighted by Gasteiger charge is -2.22. The summed E-state index contributed by atoms with van der Waals surface area (Å²) >= 11 is 0. The zero-order valence-electron chi connectivity index (χ0n) is 9.84. The van der Waals surface area contributed by atoms with Crippen molar-refractivity contribution in [2.75, 3.05) is 26.2 Å². The topological polar surface area (TPSA) is 50.4 Å². The van der Waals surface area contributed by atoms with Crippen LogP contribution in [0.4, 0.5) is 0 Å². The van der Waals surface area contributed by atoms with Gasteiger partial charge in [0.1, 0.15) is 0 Å². The fourth-order valence-corrected chi connectivity index (χ4v) is 2.03. The molecule has 0 aromatic rings. The first-order valence-corrected chi connectivity index (χ1v) is 6.43. The van der Waals surface area contributed by atoms with Crippen molar-refractivity contribution in [1.29, 1.82) is 0 Å². The molecule has 1 aliphatic heterocycles. The van der Waals surface area contributed by atoms with Gasteiger partial charge in [0.15, 0.2) is 0 Å². The number of hydrogen-bond acceptors (Lipinski definition) is 3. The summed E-state index contributed by atoms with van der Waals surface area (Å²) in [6.07, 6.45) is 5.76. The first kappa shape index (κ1) is 11.9. The second-order valence-corrected chi connectivity index (χ2v) is 4.82. The van der Waals surface area contributed by atoms with Crippen LogP contribution in [0.1, 0.15) is 32.1 Å². The van der Waals surface area contributed by atoms with E-state index < -0.39 is 0 Å². The molecule has 92 valence electrons. The van der Waals surface area contributed by atoms with Crippen molar-refractivity contribution in [3.8, 4) is 0 Å². The maximum absolute atomic E-state index is 11.4. The van der Waals surface area contributed by atoms with Crippen LogP contribution < -0.4 is 10.6 Å². The smallest absolute Gasteiger partial charge is 0.220 e. The highest BCUT2D eigenvalue weighted by Gasteiger charge is 2.24. The summed E-state index contributed by atoms with van der Waals surface area (Å²) in [5.74, 6) is 0.863. The van der Waals surface area contributed by atoms with Gasteiger partial charge in [-0.05, 0) is 44.7 Å². The molecule has 1 amide bonds. The molecular formula is C12H22N2O2. The van der Waals surface area contributed by atoms with Crippen LogP contribution in [0.25, 0.3) is 0 Å². The normalized spacial score (nSPS) is 22.0. The lowest BCUT2D eigenvalue weighted by Crippen LogP contribution is -2.34. The summed E-state index contributed by atoms with van der Waals surface area (Å²) in [6.45, 7) is 3.42. The van der Waals surface area contributed by atoms with E-state index in [9.17, 15) is 4.79 Å². The molecule has 2 N–H and O–H groups in total. The average Bonchev–Trinajstić information content (AvgIpc) is 3.10. The van der Waals surface area contributed by atoms with E-state index in [1.54, 1.807) is 0 Å². The Hall–Kier alpha value is -0.610. The molecule has 0 atom stereocenters. The average molecular weight is 226 g/mol. The minimum Gasteiger partial charge on any atom is -0.376 e. The van der Waals surface area contributed by atoms with E-state index >= 15 is 0 Å². The molecule has 0 unspecified atom stereocenters. The van der Waals surface area contributed by atoms with E-state index in [0.29, 0.717) is 31.6 Å². The Bertz CT molecular complexity index is 223. The zero-order valence-corrected chi connectivity index (χ0v) is 9.84. The third-order valence-corrected chi connectivity index (χ3v) is 3.23. The largest absolute Gasteiger partial charge is 0.376 e. The van der Waals surface area contributed by atoms with Gasteiger partial charge in [-0.3, -0.25) is 4.79 Å². The van der Waals surface area contributed by atoms with Gasteiger partial charge < -0.3 is 15.4 Å². The fourth-order valence-electron chi connectivity index (χ4n) is 2.03. The standard InChI is InChI=1S/C12H22N2O2/c15-12(9-10-1-2-10)14-7-8-16-11-3-5-13-6-4-11/h10-11,13H,1-9H2,(H,14,15). The van der Waals surface area contributed by atoms with Gasteiger partial charge in [-0.25, -0.2) is 0 Å². The Morgan fingerprint density at radius 2 is 2.00 bits per heavy atom. The molecule has 2 rings (SSSR count). The second kappa shape index (κ2) is 6.21. The third kappa shape index (κ3) is 4.49. The predicted molar refractivity (Wildman–Crippen MR) is 62.2 cm³/mol. The maximum atomic E-state index is 11.4. The van der Waals surface area contributed by atoms with Crippen LogP contribution in [0.5, 0.6) is 0 Å². The van der Waals surface area contributed by atoms with Crippen LogP contribution in [0.15, 0.2) is 0 Å². The minimum atomic E-state index is 0.191. The van der Waals surface area contributed by atoms with E-state index in [2.05, 4.69) is 10.6 Å². The number of amides is 1. The number of hydrogen-bond donors (Lipinski definition) is 2. The SMILES string of the molecule is O=C(CC1CC1)NCCOC1CCNCC1. The molecule has 0 radical (unpaired) electrons. The van der Waals surface area contributed by atoms with Crippen molar-refractivity contribution >= 4 is 5.91 Å². The van der Waals surface area contributed by atoms with Crippen molar-refractivity contribution in [2.45, 2.75) is 38.2 Å². The zero-order chi connectivity index (χ0) is 11.2. The summed E-state index contributed by atoms with van der Waals surface area (Å²) in [5.41, 5.74) is 0. The van der Waals surface area contributed by atoms with Gasteiger partial charge in [0.25, 0.3) is 0 Å². The second-order valence-electron chi connectivity index (χ2n) is 4.82. The Morgan fingerprint density at radius 3 is 2.69 bits per heavy atom. The van der Waals surface area contributed by atoms with Crippen molar-refractivity contribution in [3.63, 3.8) is 0 Å². The van der Waals surface area contributed by atoms with Crippen LogP contribution in [0, 0.1) is 5.92 Å². The molecule has 16 heavy (non-hydrogen) atoms. The summed E-state index contributed by atoms with van der Waals surface area (Å²) in [7, 11) is 0. The third-order valence-electron chi connectivity index (χ3n) is 3.23. The van der Waals surface area contributed by atoms with Crippen LogP contribution in [-0.4, -0.2) is 38.3 Å². The van der Waals surface area contributed by atoms with Gasteiger partial charge in [-0.1, -0.05) is 0 Å². The van der Waals surface area contributed by atoms with Gasteiger partial charge in [0.2, 0.25) is 5.91 Å². The highest BCUT2D eigenvalue weighted by molar-refractivity contribution is 5.76. The van der Waals surface area contributed by atoms with Crippen molar-refractivity contribution < 1.29 is 9.53 Å². The highest BCUT2D eigenvalue weighted by Crippen LogP contribution is 2.31. The molecule has 1 heterocycles. The molecule has 4 heteroatoms. The summed E-state index contributed by atoms with van der Waals surface area (Å²) in [4.78, 5) is 11.4. The van der Waals surface area contributed by atoms with Gasteiger partial charge in [-0.15, -0.1) is 0 Å². The number of carbonyl (C=O) groups excluding carboxylic acids is 1. The number of carbonyl (C=O) groups is 1. The van der Waals surface area contributed by atoms with Crippen molar-refractivity contribution in [3.05, 3.63) is 0 Å². The first-order chi connectivity index (χ1) is 7.84. The summed E-state index contributed by atoms with van der Waals surface area (Å²) in [5, 5.41) is 6.22. The number of nitrogens with one attached hydrogen (secondary N) is 2. The van der Waals surface area contributed by atoms with E-state index in [-0.39, 0.29) is 5.91 Å². The molecule has 2 aliphatic rings. The number of rotatable bonds is 6. The first-order valence-electron chi connectivity index (χ1n) is 6.43. The molecule has 1 saturated heterocycles. The molecule has 1 aliphatic carbocycles. The lowest BCUT2D eigenvalue weighted by atomic mass is 10.1. The monoisotopic (exact) mass is 226 g/mol. The lowest BCUT2D eigenvalue weighted by molar-refractivity contribution is -0.121. The number of piperidine rings is 1. The molecular weight excluding hydrogens is 204 g/mol. The summed E-state index contributed by atoms with van der Waals surface area (Å²) < 4.78 is 5.70. The fraction of sp³-hybridized carbons (Fsp3) is 0.917. The van der Waals surface area contributed by atoms with E-state index in [0.717, 1.165) is 25.9 Å². The molecule has 2 fully saturated rings. The number of ether oxygens (including phenoxy) is 1. The van der Waals surface area contributed by atoms with Crippen LogP contribution in [-0.2, 0) is 9.53 Å². The van der Waals surface area contributed by atoms with E-state index in [1.165, 1.54) is 12.8 Å². The Kier molecular flexibility index (Phi) is 4.60. The molecule has 4 nitrogen and oxygen atoms in total. The van der Waals surface area contributed by atoms with Gasteiger partial charge in [0, 0.05) is 13.0 Å². The molecule has 0 aromatic heterocycles. The van der Waals surface area contributed by atoms with E-state index in [4.69, 9.17) is 4.74 Å². The summed E-state index contributed by atoms with van der Waals surface area (Å²) in [6, 6.07) is 0. The van der Waals surface area contributed by atoms with Gasteiger partial charge in [0.05, 0.1) is 12.7 Å². The van der Waals surface area contributed by atoms with Crippen LogP contribution in [0.3, 0.4) is 0 Å². The predicted octanol–water partition coefficient (Wildman–Crippen LogP) is 0.671.